The van der Waals surface area contributed by atoms with Gasteiger partial charge in [0.2, 0.25) is 0 Å². The molecule has 24 heavy (non-hydrogen) atoms. The lowest BCUT2D eigenvalue weighted by Gasteiger charge is -2.06. The van der Waals surface area contributed by atoms with Gasteiger partial charge in [0.05, 0.1) is 10.5 Å². The minimum Gasteiger partial charge on any atom is -0.361 e. The molecule has 3 rings (SSSR count). The summed E-state index contributed by atoms with van der Waals surface area (Å²) in [4.78, 5) is 25.7. The predicted molar refractivity (Wildman–Crippen MR) is 95.1 cm³/mol. The van der Waals surface area contributed by atoms with Gasteiger partial charge < -0.3 is 10.3 Å². The van der Waals surface area contributed by atoms with E-state index in [0.29, 0.717) is 18.5 Å². The lowest BCUT2D eigenvalue weighted by atomic mass is 10.1. The van der Waals surface area contributed by atoms with Crippen LogP contribution >= 0.6 is 15.9 Å². The molecule has 1 heterocycles. The number of nitrogens with one attached hydrogen (secondary N) is 2. The van der Waals surface area contributed by atoms with Gasteiger partial charge in [-0.2, -0.15) is 0 Å². The summed E-state index contributed by atoms with van der Waals surface area (Å²) < 4.78 is 0.741. The number of benzene rings is 2. The maximum atomic E-state index is 12.2. The predicted octanol–water partition coefficient (Wildman–Crippen LogP) is 3.81. The SMILES string of the molecule is O=C(NCCc1c[nH]c2ccc([N+](=O)[O-])cc12)c1ccccc1Br. The minimum absolute atomic E-state index is 0.0561. The van der Waals surface area contributed by atoms with Crippen molar-refractivity contribution in [2.24, 2.45) is 0 Å². The van der Waals surface area contributed by atoms with Crippen molar-refractivity contribution in [2.45, 2.75) is 6.42 Å². The van der Waals surface area contributed by atoms with Crippen molar-refractivity contribution in [3.05, 3.63) is 74.4 Å². The second-order valence-corrected chi connectivity index (χ2v) is 6.14. The molecule has 1 aromatic heterocycles. The molecule has 3 aromatic rings. The quantitative estimate of drug-likeness (QED) is 0.515. The Labute approximate surface area is 146 Å². The maximum absolute atomic E-state index is 12.2. The van der Waals surface area contributed by atoms with Crippen LogP contribution in [-0.2, 0) is 6.42 Å². The first kappa shape index (κ1) is 16.2. The third-order valence-corrected chi connectivity index (χ3v) is 4.45. The van der Waals surface area contributed by atoms with Crippen LogP contribution in [0.5, 0.6) is 0 Å². The molecular formula is C17H14BrN3O3. The Morgan fingerprint density at radius 2 is 2.04 bits per heavy atom. The summed E-state index contributed by atoms with van der Waals surface area (Å²) in [7, 11) is 0. The Hall–Kier alpha value is -2.67. The van der Waals surface area contributed by atoms with Crippen molar-refractivity contribution < 1.29 is 9.72 Å². The number of carbonyl (C=O) groups excluding carboxylic acids is 1. The van der Waals surface area contributed by atoms with Crippen LogP contribution in [0.15, 0.2) is 53.1 Å². The van der Waals surface area contributed by atoms with E-state index in [9.17, 15) is 14.9 Å². The fourth-order valence-electron chi connectivity index (χ4n) is 2.54. The fraction of sp³-hybridized carbons (Fsp3) is 0.118. The van der Waals surface area contributed by atoms with Crippen LogP contribution in [-0.4, -0.2) is 22.4 Å². The molecule has 0 aliphatic rings. The molecule has 0 saturated carbocycles. The van der Waals surface area contributed by atoms with E-state index in [-0.39, 0.29) is 11.6 Å². The molecule has 0 bridgehead atoms. The molecule has 0 aliphatic heterocycles. The first-order chi connectivity index (χ1) is 11.6. The molecule has 7 heteroatoms. The molecule has 0 radical (unpaired) electrons. The second kappa shape index (κ2) is 6.84. The second-order valence-electron chi connectivity index (χ2n) is 5.29. The summed E-state index contributed by atoms with van der Waals surface area (Å²) in [6, 6.07) is 11.9. The third kappa shape index (κ3) is 3.30. The summed E-state index contributed by atoms with van der Waals surface area (Å²) in [6.07, 6.45) is 2.40. The Bertz CT molecular complexity index is 920. The van der Waals surface area contributed by atoms with E-state index < -0.39 is 4.92 Å². The van der Waals surface area contributed by atoms with Gasteiger partial charge in [-0.1, -0.05) is 12.1 Å². The number of H-pyrrole nitrogens is 1. The Morgan fingerprint density at radius 3 is 2.79 bits per heavy atom. The molecule has 6 nitrogen and oxygen atoms in total. The van der Waals surface area contributed by atoms with Crippen LogP contribution in [0.4, 0.5) is 5.69 Å². The fourth-order valence-corrected chi connectivity index (χ4v) is 3.00. The van der Waals surface area contributed by atoms with Crippen molar-refractivity contribution in [1.29, 1.82) is 0 Å². The standard InChI is InChI=1S/C17H14BrN3O3/c18-15-4-2-1-3-13(15)17(22)19-8-7-11-10-20-16-6-5-12(21(23)24)9-14(11)16/h1-6,9-10,20H,7-8H2,(H,19,22). The summed E-state index contributed by atoms with van der Waals surface area (Å²) in [5, 5.41) is 14.6. The first-order valence-electron chi connectivity index (χ1n) is 7.33. The summed E-state index contributed by atoms with van der Waals surface area (Å²) in [5.41, 5.74) is 2.40. The number of nitrogens with zero attached hydrogens (tertiary/aromatic N) is 1. The van der Waals surface area contributed by atoms with Crippen LogP contribution in [0.25, 0.3) is 10.9 Å². The molecule has 0 aliphatic carbocycles. The van der Waals surface area contributed by atoms with E-state index in [1.165, 1.54) is 6.07 Å². The molecule has 122 valence electrons. The van der Waals surface area contributed by atoms with Gasteiger partial charge in [0.25, 0.3) is 11.6 Å². The average Bonchev–Trinajstić information content (AvgIpc) is 2.97. The van der Waals surface area contributed by atoms with E-state index in [1.54, 1.807) is 24.3 Å². The highest BCUT2D eigenvalue weighted by atomic mass is 79.9. The summed E-state index contributed by atoms with van der Waals surface area (Å²) in [6.45, 7) is 0.440. The number of halogens is 1. The highest BCUT2D eigenvalue weighted by molar-refractivity contribution is 9.10. The minimum atomic E-state index is -0.412. The number of aromatic nitrogens is 1. The molecule has 1 amide bonds. The van der Waals surface area contributed by atoms with Gasteiger partial charge in [-0.15, -0.1) is 0 Å². The Kier molecular flexibility index (Phi) is 4.61. The van der Waals surface area contributed by atoms with Crippen molar-refractivity contribution in [2.75, 3.05) is 6.54 Å². The zero-order valence-corrected chi connectivity index (χ0v) is 14.2. The van der Waals surface area contributed by atoms with Crippen LogP contribution in [0.2, 0.25) is 0 Å². The lowest BCUT2D eigenvalue weighted by Crippen LogP contribution is -2.25. The largest absolute Gasteiger partial charge is 0.361 e. The Morgan fingerprint density at radius 1 is 1.25 bits per heavy atom. The number of nitro benzene ring substituents is 1. The van der Waals surface area contributed by atoms with Crippen LogP contribution in [0.3, 0.4) is 0 Å². The zero-order valence-electron chi connectivity index (χ0n) is 12.6. The lowest BCUT2D eigenvalue weighted by molar-refractivity contribution is -0.384. The third-order valence-electron chi connectivity index (χ3n) is 3.76. The zero-order chi connectivity index (χ0) is 17.1. The molecular weight excluding hydrogens is 374 g/mol. The van der Waals surface area contributed by atoms with Gasteiger partial charge in [0, 0.05) is 40.2 Å². The topological polar surface area (TPSA) is 88.0 Å². The molecule has 0 spiro atoms. The van der Waals surface area contributed by atoms with Gasteiger partial charge in [-0.05, 0) is 46.1 Å². The molecule has 2 aromatic carbocycles. The van der Waals surface area contributed by atoms with Gasteiger partial charge >= 0.3 is 0 Å². The van der Waals surface area contributed by atoms with Crippen LogP contribution in [0.1, 0.15) is 15.9 Å². The number of non-ortho nitro benzene ring substituents is 1. The number of aromatic amines is 1. The normalized spacial score (nSPS) is 10.7. The average molecular weight is 388 g/mol. The Balaban J connectivity index is 1.70. The number of hydrogen-bond acceptors (Lipinski definition) is 3. The maximum Gasteiger partial charge on any atom is 0.270 e. The molecule has 0 unspecified atom stereocenters. The van der Waals surface area contributed by atoms with Crippen molar-refractivity contribution in [1.82, 2.24) is 10.3 Å². The van der Waals surface area contributed by atoms with E-state index in [2.05, 4.69) is 26.2 Å². The van der Waals surface area contributed by atoms with Gasteiger partial charge in [-0.25, -0.2) is 0 Å². The monoisotopic (exact) mass is 387 g/mol. The molecule has 2 N–H and O–H groups in total. The highest BCUT2D eigenvalue weighted by Crippen LogP contribution is 2.24. The number of amides is 1. The van der Waals surface area contributed by atoms with E-state index in [0.717, 1.165) is 20.9 Å². The van der Waals surface area contributed by atoms with Crippen molar-refractivity contribution in [3.8, 4) is 0 Å². The highest BCUT2D eigenvalue weighted by Gasteiger charge is 2.12. The number of rotatable bonds is 5. The van der Waals surface area contributed by atoms with Crippen molar-refractivity contribution >= 4 is 38.4 Å². The van der Waals surface area contributed by atoms with Gasteiger partial charge in [0.15, 0.2) is 0 Å². The number of fused-ring (bicyclic) bond motifs is 1. The van der Waals surface area contributed by atoms with E-state index in [1.807, 2.05) is 18.3 Å². The van der Waals surface area contributed by atoms with E-state index >= 15 is 0 Å². The first-order valence-corrected chi connectivity index (χ1v) is 8.12. The summed E-state index contributed by atoms with van der Waals surface area (Å²) in [5.74, 6) is -0.159. The number of carbonyl (C=O) groups is 1. The molecule has 0 atom stereocenters. The molecule has 0 fully saturated rings. The smallest absolute Gasteiger partial charge is 0.270 e. The van der Waals surface area contributed by atoms with Gasteiger partial charge in [-0.3, -0.25) is 14.9 Å². The summed E-state index contributed by atoms with van der Waals surface area (Å²) >= 11 is 3.35. The van der Waals surface area contributed by atoms with Gasteiger partial charge in [0.1, 0.15) is 0 Å². The number of nitro groups is 1. The van der Waals surface area contributed by atoms with Crippen molar-refractivity contribution in [3.63, 3.8) is 0 Å². The van der Waals surface area contributed by atoms with E-state index in [4.69, 9.17) is 0 Å². The molecule has 0 saturated heterocycles. The van der Waals surface area contributed by atoms with Crippen LogP contribution in [0, 0.1) is 10.1 Å². The van der Waals surface area contributed by atoms with Crippen LogP contribution < -0.4 is 5.32 Å². The number of hydrogen-bond donors (Lipinski definition) is 2.